The molecule has 0 saturated heterocycles. The average Bonchev–Trinajstić information content (AvgIpc) is 2.51. The van der Waals surface area contributed by atoms with E-state index in [1.807, 2.05) is 30.3 Å². The van der Waals surface area contributed by atoms with E-state index < -0.39 is 24.0 Å². The minimum Gasteiger partial charge on any atom is -0.393 e. The van der Waals surface area contributed by atoms with Crippen molar-refractivity contribution in [1.82, 2.24) is 10.6 Å². The number of aliphatic hydroxyl groups is 1. The zero-order chi connectivity index (χ0) is 17.4. The molecule has 124 valence electrons. The normalized spacial score (nSPS) is 13.8. The number of carbonyl (C=O) groups is 2. The summed E-state index contributed by atoms with van der Waals surface area (Å²) in [5, 5.41) is 22.8. The summed E-state index contributed by atoms with van der Waals surface area (Å²) in [6.07, 6.45) is 0.0803. The van der Waals surface area contributed by atoms with Crippen LogP contribution in [0.15, 0.2) is 42.1 Å². The summed E-state index contributed by atoms with van der Waals surface area (Å²) in [7, 11) is 1.60. The van der Waals surface area contributed by atoms with Crippen LogP contribution in [0.2, 0.25) is 0 Å². The first kappa shape index (κ1) is 19.1. The molecule has 0 heterocycles. The number of carbonyl (C=O) groups excluding carboxylic acids is 2. The van der Waals surface area contributed by atoms with Gasteiger partial charge in [-0.25, -0.2) is 0 Å². The van der Waals surface area contributed by atoms with Crippen LogP contribution >= 0.6 is 22.6 Å². The van der Waals surface area contributed by atoms with Crippen molar-refractivity contribution in [3.8, 4) is 0 Å². The van der Waals surface area contributed by atoms with Crippen LogP contribution in [0.4, 0.5) is 0 Å². The molecule has 0 aromatic heterocycles. The van der Waals surface area contributed by atoms with Gasteiger partial charge in [0.1, 0.15) is 3.72 Å². The summed E-state index contributed by atoms with van der Waals surface area (Å²) in [6, 6.07) is 8.22. The number of aliphatic hydroxyl groups excluding tert-OH is 1. The molecule has 1 aromatic carbocycles. The molecule has 2 amide bonds. The molecule has 2 atom stereocenters. The molecule has 1 aromatic rings. The van der Waals surface area contributed by atoms with Crippen molar-refractivity contribution < 1.29 is 14.7 Å². The Morgan fingerprint density at radius 2 is 2.00 bits per heavy atom. The second kappa shape index (κ2) is 9.26. The van der Waals surface area contributed by atoms with Crippen molar-refractivity contribution in [3.63, 3.8) is 0 Å². The molecule has 1 rings (SSSR count). The molecule has 23 heavy (non-hydrogen) atoms. The van der Waals surface area contributed by atoms with Crippen molar-refractivity contribution in [3.05, 3.63) is 47.7 Å². The maximum Gasteiger partial charge on any atom is 0.255 e. The molecule has 0 aliphatic carbocycles. The lowest BCUT2D eigenvalue weighted by Gasteiger charge is -2.22. The predicted octanol–water partition coefficient (Wildman–Crippen LogP) is 0.0757. The van der Waals surface area contributed by atoms with Gasteiger partial charge in [0.2, 0.25) is 5.91 Å². The number of nitrogens with two attached hydrogens (primary N) is 1. The molecular formula is C15H19IN4O3. The zero-order valence-corrected chi connectivity index (χ0v) is 14.7. The maximum atomic E-state index is 12.3. The number of nitrogens with one attached hydrogen (secondary N) is 3. The van der Waals surface area contributed by atoms with Gasteiger partial charge in [-0.1, -0.05) is 30.3 Å². The van der Waals surface area contributed by atoms with Gasteiger partial charge in [-0.2, -0.15) is 0 Å². The third-order valence-electron chi connectivity index (χ3n) is 3.06. The molecule has 0 saturated carbocycles. The largest absolute Gasteiger partial charge is 0.393 e. The zero-order valence-electron chi connectivity index (χ0n) is 12.5. The number of benzene rings is 1. The topological polar surface area (TPSA) is 128 Å². The highest BCUT2D eigenvalue weighted by Crippen LogP contribution is 2.09. The second-order valence-corrected chi connectivity index (χ2v) is 5.86. The highest BCUT2D eigenvalue weighted by atomic mass is 127. The Morgan fingerprint density at radius 3 is 2.48 bits per heavy atom. The first-order valence-corrected chi connectivity index (χ1v) is 7.88. The molecule has 8 heteroatoms. The van der Waals surface area contributed by atoms with Gasteiger partial charge in [0.25, 0.3) is 5.91 Å². The molecule has 0 spiro atoms. The van der Waals surface area contributed by atoms with E-state index in [0.717, 1.165) is 5.56 Å². The number of primary amides is 1. The Bertz CT molecular complexity index is 604. The summed E-state index contributed by atoms with van der Waals surface area (Å²) in [4.78, 5) is 23.6. The lowest BCUT2D eigenvalue weighted by atomic mass is 10.0. The highest BCUT2D eigenvalue weighted by Gasteiger charge is 2.27. The van der Waals surface area contributed by atoms with E-state index in [4.69, 9.17) is 11.1 Å². The fourth-order valence-electron chi connectivity index (χ4n) is 1.93. The SMILES string of the molecule is CNC=C(C(=N)I)C(=O)NC(Cc1ccccc1)C(O)C(N)=O. The highest BCUT2D eigenvalue weighted by molar-refractivity contribution is 14.1. The van der Waals surface area contributed by atoms with Crippen molar-refractivity contribution in [2.24, 2.45) is 5.73 Å². The smallest absolute Gasteiger partial charge is 0.255 e. The molecule has 0 radical (unpaired) electrons. The van der Waals surface area contributed by atoms with Gasteiger partial charge in [-0.05, 0) is 34.6 Å². The fraction of sp³-hybridized carbons (Fsp3) is 0.267. The first-order chi connectivity index (χ1) is 10.9. The average molecular weight is 430 g/mol. The number of halogens is 1. The number of rotatable bonds is 8. The van der Waals surface area contributed by atoms with E-state index in [0.29, 0.717) is 0 Å². The van der Waals surface area contributed by atoms with Gasteiger partial charge in [-0.3, -0.25) is 15.0 Å². The molecule has 2 unspecified atom stereocenters. The Hall–Kier alpha value is -1.94. The third-order valence-corrected chi connectivity index (χ3v) is 3.64. The van der Waals surface area contributed by atoms with Crippen LogP contribution in [0.3, 0.4) is 0 Å². The first-order valence-electron chi connectivity index (χ1n) is 6.80. The van der Waals surface area contributed by atoms with Gasteiger partial charge < -0.3 is 21.5 Å². The van der Waals surface area contributed by atoms with Crippen LogP contribution in [0.5, 0.6) is 0 Å². The summed E-state index contributed by atoms with van der Waals surface area (Å²) in [6.45, 7) is 0. The quantitative estimate of drug-likeness (QED) is 0.227. The predicted molar refractivity (Wildman–Crippen MR) is 96.2 cm³/mol. The molecule has 0 fully saturated rings. The van der Waals surface area contributed by atoms with Gasteiger partial charge in [0, 0.05) is 13.2 Å². The lowest BCUT2D eigenvalue weighted by Crippen LogP contribution is -2.51. The molecule has 6 N–H and O–H groups in total. The van der Waals surface area contributed by atoms with Crippen LogP contribution in [0.1, 0.15) is 5.56 Å². The van der Waals surface area contributed by atoms with E-state index >= 15 is 0 Å². The summed E-state index contributed by atoms with van der Waals surface area (Å²) >= 11 is 1.70. The Labute approximate surface area is 148 Å². The Balaban J connectivity index is 2.97. The number of amides is 2. The summed E-state index contributed by atoms with van der Waals surface area (Å²) < 4.78 is 0.0291. The number of hydrogen-bond acceptors (Lipinski definition) is 5. The van der Waals surface area contributed by atoms with Crippen LogP contribution in [0, 0.1) is 5.41 Å². The van der Waals surface area contributed by atoms with Crippen LogP contribution < -0.4 is 16.4 Å². The monoisotopic (exact) mass is 430 g/mol. The molecule has 7 nitrogen and oxygen atoms in total. The van der Waals surface area contributed by atoms with Gasteiger partial charge in [0.05, 0.1) is 11.6 Å². The molecule has 0 aliphatic heterocycles. The third kappa shape index (κ3) is 5.99. The molecular weight excluding hydrogens is 411 g/mol. The van der Waals surface area contributed by atoms with Crippen LogP contribution in [0.25, 0.3) is 0 Å². The van der Waals surface area contributed by atoms with E-state index in [2.05, 4.69) is 10.6 Å². The summed E-state index contributed by atoms with van der Waals surface area (Å²) in [5.41, 5.74) is 6.08. The van der Waals surface area contributed by atoms with Crippen LogP contribution in [-0.2, 0) is 16.0 Å². The van der Waals surface area contributed by atoms with Crippen molar-refractivity contribution >= 4 is 38.1 Å². The summed E-state index contributed by atoms with van der Waals surface area (Å²) in [5.74, 6) is -1.49. The minimum atomic E-state index is -1.53. The van der Waals surface area contributed by atoms with E-state index in [9.17, 15) is 14.7 Å². The van der Waals surface area contributed by atoms with E-state index in [1.54, 1.807) is 29.6 Å². The van der Waals surface area contributed by atoms with Crippen molar-refractivity contribution in [1.29, 1.82) is 5.41 Å². The van der Waals surface area contributed by atoms with Gasteiger partial charge in [0.15, 0.2) is 6.10 Å². The van der Waals surface area contributed by atoms with Crippen molar-refractivity contribution in [2.45, 2.75) is 18.6 Å². The number of hydrogen-bond donors (Lipinski definition) is 5. The Kier molecular flexibility index (Phi) is 7.69. The Morgan fingerprint density at radius 1 is 1.39 bits per heavy atom. The van der Waals surface area contributed by atoms with Crippen molar-refractivity contribution in [2.75, 3.05) is 7.05 Å². The van der Waals surface area contributed by atoms with E-state index in [1.165, 1.54) is 6.20 Å². The fourth-order valence-corrected chi connectivity index (χ4v) is 2.33. The second-order valence-electron chi connectivity index (χ2n) is 4.78. The lowest BCUT2D eigenvalue weighted by molar-refractivity contribution is -0.128. The maximum absolute atomic E-state index is 12.3. The minimum absolute atomic E-state index is 0.0291. The standard InChI is InChI=1S/C15H19IN4O3/c1-19-8-10(13(16)17)15(23)20-11(12(21)14(18)22)7-9-5-3-2-4-6-9/h2-6,8,11-12,17,19,21H,7H2,1H3,(H2,18,22)(H,20,23). The van der Waals surface area contributed by atoms with Gasteiger partial charge >= 0.3 is 0 Å². The van der Waals surface area contributed by atoms with Gasteiger partial charge in [-0.15, -0.1) is 0 Å². The van der Waals surface area contributed by atoms with E-state index in [-0.39, 0.29) is 15.7 Å². The molecule has 0 bridgehead atoms. The van der Waals surface area contributed by atoms with Crippen LogP contribution in [-0.4, -0.2) is 39.8 Å². The molecule has 0 aliphatic rings.